The summed E-state index contributed by atoms with van der Waals surface area (Å²) in [4.78, 5) is 23.6. The van der Waals surface area contributed by atoms with Crippen LogP contribution in [0.4, 0.5) is 0 Å². The quantitative estimate of drug-likeness (QED) is 0.316. The molecule has 1 aromatic carbocycles. The van der Waals surface area contributed by atoms with Gasteiger partial charge in [0.05, 0.1) is 19.2 Å². The molecule has 2 fully saturated rings. The minimum atomic E-state index is -0.667. The first-order valence-electron chi connectivity index (χ1n) is 11.0. The number of amides is 1. The highest BCUT2D eigenvalue weighted by Crippen LogP contribution is 2.17. The number of guanidine groups is 1. The Morgan fingerprint density at radius 1 is 1.06 bits per heavy atom. The summed E-state index contributed by atoms with van der Waals surface area (Å²) in [6, 6.07) is 7.21. The first-order chi connectivity index (χ1) is 14.6. The summed E-state index contributed by atoms with van der Waals surface area (Å²) in [5.41, 5.74) is 0.806. The first kappa shape index (κ1) is 26.2. The Morgan fingerprint density at radius 3 is 2.32 bits per heavy atom. The second-order valence-electron chi connectivity index (χ2n) is 7.97. The molecular formula is C22H35ClIN5O2. The van der Waals surface area contributed by atoms with Crippen molar-refractivity contribution in [1.29, 1.82) is 0 Å². The van der Waals surface area contributed by atoms with Gasteiger partial charge >= 0.3 is 0 Å². The number of benzene rings is 1. The van der Waals surface area contributed by atoms with Crippen molar-refractivity contribution in [3.63, 3.8) is 0 Å². The zero-order valence-electron chi connectivity index (χ0n) is 18.3. The van der Waals surface area contributed by atoms with Crippen LogP contribution in [0.3, 0.4) is 0 Å². The molecule has 3 rings (SSSR count). The lowest BCUT2D eigenvalue weighted by atomic mass is 10.1. The molecule has 7 nitrogen and oxygen atoms in total. The number of carbonyl (C=O) groups is 1. The molecular weight excluding hydrogens is 529 g/mol. The molecule has 0 aliphatic carbocycles. The van der Waals surface area contributed by atoms with Gasteiger partial charge in [0.1, 0.15) is 0 Å². The average molecular weight is 564 g/mol. The lowest BCUT2D eigenvalue weighted by molar-refractivity contribution is -0.133. The number of aliphatic hydroxyl groups is 1. The van der Waals surface area contributed by atoms with Crippen LogP contribution in [0.5, 0.6) is 0 Å². The molecule has 0 radical (unpaired) electrons. The Bertz CT molecular complexity index is 704. The predicted molar refractivity (Wildman–Crippen MR) is 136 cm³/mol. The largest absolute Gasteiger partial charge is 0.386 e. The Morgan fingerprint density at radius 2 is 1.71 bits per heavy atom. The average Bonchev–Trinajstić information content (AvgIpc) is 2.78. The molecule has 0 bridgehead atoms. The van der Waals surface area contributed by atoms with Crippen molar-refractivity contribution in [1.82, 2.24) is 20.0 Å². The van der Waals surface area contributed by atoms with E-state index in [1.807, 2.05) is 24.0 Å². The fraction of sp³-hybridized carbons (Fsp3) is 0.636. The highest BCUT2D eigenvalue weighted by Gasteiger charge is 2.24. The Hall–Kier alpha value is -1.10. The third kappa shape index (κ3) is 8.07. The fourth-order valence-electron chi connectivity index (χ4n) is 3.94. The maximum absolute atomic E-state index is 12.5. The third-order valence-electron chi connectivity index (χ3n) is 5.74. The third-order valence-corrected chi connectivity index (χ3v) is 6.00. The standard InChI is InChI=1S/C22H34ClN5O2.HI/c1-2-24-22(25-16-20(29)18-6-8-19(23)9-7-18)28-14-12-26(13-15-28)17-21(30)27-10-4-3-5-11-27;/h6-9,20,29H,2-5,10-17H2,1H3,(H,24,25);1H. The van der Waals surface area contributed by atoms with Gasteiger partial charge in [-0.3, -0.25) is 14.7 Å². The fourth-order valence-corrected chi connectivity index (χ4v) is 4.07. The molecule has 9 heteroatoms. The number of hydrogen-bond donors (Lipinski definition) is 2. The van der Waals surface area contributed by atoms with E-state index in [-0.39, 0.29) is 36.4 Å². The van der Waals surface area contributed by atoms with Crippen LogP contribution >= 0.6 is 35.6 Å². The van der Waals surface area contributed by atoms with Gasteiger partial charge in [0, 0.05) is 50.8 Å². The van der Waals surface area contributed by atoms with Gasteiger partial charge in [-0.15, -0.1) is 24.0 Å². The molecule has 2 N–H and O–H groups in total. The Labute approximate surface area is 207 Å². The summed E-state index contributed by atoms with van der Waals surface area (Å²) < 4.78 is 0. The van der Waals surface area contributed by atoms with Crippen molar-refractivity contribution >= 4 is 47.4 Å². The molecule has 1 amide bonds. The van der Waals surface area contributed by atoms with Crippen LogP contribution in [0.15, 0.2) is 29.3 Å². The van der Waals surface area contributed by atoms with Crippen molar-refractivity contribution < 1.29 is 9.90 Å². The topological polar surface area (TPSA) is 71.4 Å². The van der Waals surface area contributed by atoms with E-state index in [4.69, 9.17) is 11.6 Å². The SMILES string of the molecule is CCNC(=NCC(O)c1ccc(Cl)cc1)N1CCN(CC(=O)N2CCCCC2)CC1.I. The molecule has 2 aliphatic heterocycles. The Balaban J connectivity index is 0.00000341. The number of halogens is 2. The van der Waals surface area contributed by atoms with Crippen LogP contribution in [0.2, 0.25) is 5.02 Å². The van der Waals surface area contributed by atoms with E-state index >= 15 is 0 Å². The number of aliphatic imine (C=N–C) groups is 1. The number of carbonyl (C=O) groups excluding carboxylic acids is 1. The number of likely N-dealkylation sites (tertiary alicyclic amines) is 1. The number of nitrogens with zero attached hydrogens (tertiary/aromatic N) is 4. The van der Waals surface area contributed by atoms with Gasteiger partial charge in [-0.05, 0) is 43.9 Å². The van der Waals surface area contributed by atoms with E-state index < -0.39 is 6.10 Å². The molecule has 0 aromatic heterocycles. The maximum Gasteiger partial charge on any atom is 0.236 e. The summed E-state index contributed by atoms with van der Waals surface area (Å²) in [6.07, 6.45) is 2.83. The summed E-state index contributed by atoms with van der Waals surface area (Å²) in [6.45, 7) is 8.73. The van der Waals surface area contributed by atoms with Gasteiger partial charge in [-0.2, -0.15) is 0 Å². The molecule has 2 saturated heterocycles. The lowest BCUT2D eigenvalue weighted by Gasteiger charge is -2.37. The molecule has 2 aliphatic rings. The first-order valence-corrected chi connectivity index (χ1v) is 11.4. The van der Waals surface area contributed by atoms with Crippen LogP contribution in [-0.4, -0.2) is 90.6 Å². The molecule has 1 aromatic rings. The van der Waals surface area contributed by atoms with Crippen LogP contribution < -0.4 is 5.32 Å². The molecule has 1 atom stereocenters. The highest BCUT2D eigenvalue weighted by atomic mass is 127. The zero-order valence-corrected chi connectivity index (χ0v) is 21.4. The van der Waals surface area contributed by atoms with Crippen molar-refractivity contribution in [2.24, 2.45) is 4.99 Å². The minimum absolute atomic E-state index is 0. The number of piperazine rings is 1. The van der Waals surface area contributed by atoms with Gasteiger partial charge < -0.3 is 20.2 Å². The number of rotatable bonds is 6. The van der Waals surface area contributed by atoms with E-state index in [0.29, 0.717) is 11.6 Å². The highest BCUT2D eigenvalue weighted by molar-refractivity contribution is 14.0. The second-order valence-corrected chi connectivity index (χ2v) is 8.40. The number of aliphatic hydroxyl groups excluding tert-OH is 1. The van der Waals surface area contributed by atoms with Gasteiger partial charge in [-0.1, -0.05) is 23.7 Å². The smallest absolute Gasteiger partial charge is 0.236 e. The number of nitrogens with one attached hydrogen (secondary N) is 1. The van der Waals surface area contributed by atoms with Gasteiger partial charge in [0.25, 0.3) is 0 Å². The van der Waals surface area contributed by atoms with Crippen molar-refractivity contribution in [3.8, 4) is 0 Å². The summed E-state index contributed by atoms with van der Waals surface area (Å²) in [7, 11) is 0. The maximum atomic E-state index is 12.5. The molecule has 2 heterocycles. The zero-order chi connectivity index (χ0) is 21.3. The summed E-state index contributed by atoms with van der Waals surface area (Å²) >= 11 is 5.92. The van der Waals surface area contributed by atoms with Crippen LogP contribution in [0.25, 0.3) is 0 Å². The minimum Gasteiger partial charge on any atom is -0.386 e. The second kappa shape index (κ2) is 13.4. The van der Waals surface area contributed by atoms with Gasteiger partial charge in [-0.25, -0.2) is 0 Å². The van der Waals surface area contributed by atoms with Gasteiger partial charge in [0.15, 0.2) is 5.96 Å². The van der Waals surface area contributed by atoms with Gasteiger partial charge in [0.2, 0.25) is 5.91 Å². The molecule has 174 valence electrons. The van der Waals surface area contributed by atoms with Crippen molar-refractivity contribution in [2.45, 2.75) is 32.3 Å². The molecule has 0 spiro atoms. The van der Waals surface area contributed by atoms with E-state index in [1.54, 1.807) is 12.1 Å². The monoisotopic (exact) mass is 563 g/mol. The normalized spacial score (nSPS) is 19.0. The van der Waals surface area contributed by atoms with E-state index in [1.165, 1.54) is 6.42 Å². The summed E-state index contributed by atoms with van der Waals surface area (Å²) in [5.74, 6) is 1.07. The summed E-state index contributed by atoms with van der Waals surface area (Å²) in [5, 5.41) is 14.4. The lowest BCUT2D eigenvalue weighted by Crippen LogP contribution is -2.54. The van der Waals surface area contributed by atoms with E-state index in [0.717, 1.165) is 70.2 Å². The predicted octanol–water partition coefficient (Wildman–Crippen LogP) is 2.59. The van der Waals surface area contributed by atoms with E-state index in [9.17, 15) is 9.90 Å². The van der Waals surface area contributed by atoms with Crippen molar-refractivity contribution in [3.05, 3.63) is 34.9 Å². The van der Waals surface area contributed by atoms with Crippen LogP contribution in [0, 0.1) is 0 Å². The Kier molecular flexibility index (Phi) is 11.3. The molecule has 1 unspecified atom stereocenters. The van der Waals surface area contributed by atoms with Crippen molar-refractivity contribution in [2.75, 3.05) is 58.9 Å². The van der Waals surface area contributed by atoms with Crippen LogP contribution in [0.1, 0.15) is 37.9 Å². The molecule has 31 heavy (non-hydrogen) atoms. The van der Waals surface area contributed by atoms with Crippen LogP contribution in [-0.2, 0) is 4.79 Å². The number of hydrogen-bond acceptors (Lipinski definition) is 4. The van der Waals surface area contributed by atoms with E-state index in [2.05, 4.69) is 20.1 Å². The number of piperidine rings is 1. The molecule has 0 saturated carbocycles.